The number of methoxy groups -OCH3 is 1. The minimum atomic E-state index is -0.458. The van der Waals surface area contributed by atoms with Crippen LogP contribution in [0.2, 0.25) is 0 Å². The summed E-state index contributed by atoms with van der Waals surface area (Å²) in [5.41, 5.74) is 2.24. The molecule has 1 amide bonds. The predicted molar refractivity (Wildman–Crippen MR) is 138 cm³/mol. The highest BCUT2D eigenvalue weighted by Crippen LogP contribution is 2.38. The van der Waals surface area contributed by atoms with Gasteiger partial charge in [0.2, 0.25) is 0 Å². The lowest BCUT2D eigenvalue weighted by atomic mass is 10.2. The van der Waals surface area contributed by atoms with Crippen molar-refractivity contribution in [2.24, 2.45) is 4.99 Å². The van der Waals surface area contributed by atoms with Crippen molar-refractivity contribution in [1.29, 1.82) is 0 Å². The summed E-state index contributed by atoms with van der Waals surface area (Å²) in [4.78, 5) is 31.9. The Bertz CT molecular complexity index is 1260. The lowest BCUT2D eigenvalue weighted by Gasteiger charge is -2.15. The first-order valence-electron chi connectivity index (χ1n) is 11.0. The van der Waals surface area contributed by atoms with Crippen molar-refractivity contribution in [2.75, 3.05) is 25.2 Å². The Balaban J connectivity index is 1.63. The number of rotatable bonds is 8. The molecule has 0 spiro atoms. The van der Waals surface area contributed by atoms with Crippen LogP contribution in [0.3, 0.4) is 0 Å². The SMILES string of the molecule is CCOC(=O)COc1ccc(/C=C2\SC(=Nc3ccccc3)N(c3ccccc3)C2=O)cc1OC. The zero-order valence-electron chi connectivity index (χ0n) is 19.3. The van der Waals surface area contributed by atoms with Crippen LogP contribution in [-0.4, -0.2) is 37.4 Å². The Morgan fingerprint density at radius 1 is 1.00 bits per heavy atom. The van der Waals surface area contributed by atoms with E-state index in [1.165, 1.54) is 18.9 Å². The smallest absolute Gasteiger partial charge is 0.344 e. The Morgan fingerprint density at radius 3 is 2.40 bits per heavy atom. The summed E-state index contributed by atoms with van der Waals surface area (Å²) in [6, 6.07) is 24.2. The summed E-state index contributed by atoms with van der Waals surface area (Å²) >= 11 is 1.30. The van der Waals surface area contributed by atoms with Crippen LogP contribution in [0.25, 0.3) is 6.08 Å². The molecular weight excluding hydrogens is 464 g/mol. The second-order valence-electron chi connectivity index (χ2n) is 7.32. The van der Waals surface area contributed by atoms with Crippen LogP contribution < -0.4 is 14.4 Å². The molecule has 7 nitrogen and oxygen atoms in total. The van der Waals surface area contributed by atoms with Gasteiger partial charge in [-0.3, -0.25) is 9.69 Å². The molecule has 1 aliphatic heterocycles. The molecule has 0 radical (unpaired) electrons. The predicted octanol–water partition coefficient (Wildman–Crippen LogP) is 5.45. The summed E-state index contributed by atoms with van der Waals surface area (Å²) in [5.74, 6) is 0.222. The van der Waals surface area contributed by atoms with Crippen molar-refractivity contribution in [3.63, 3.8) is 0 Å². The molecule has 0 aromatic heterocycles. The second-order valence-corrected chi connectivity index (χ2v) is 8.33. The van der Waals surface area contributed by atoms with Crippen molar-refractivity contribution < 1.29 is 23.8 Å². The van der Waals surface area contributed by atoms with Gasteiger partial charge in [-0.1, -0.05) is 42.5 Å². The molecule has 1 fully saturated rings. The molecule has 4 rings (SSSR count). The number of hydrogen-bond donors (Lipinski definition) is 0. The molecule has 0 aliphatic carbocycles. The van der Waals surface area contributed by atoms with Gasteiger partial charge in [-0.05, 0) is 66.7 Å². The van der Waals surface area contributed by atoms with Crippen LogP contribution in [0.15, 0.2) is 88.8 Å². The quantitative estimate of drug-likeness (QED) is 0.310. The molecular formula is C27H24N2O5S. The van der Waals surface area contributed by atoms with E-state index in [0.717, 1.165) is 16.9 Å². The Kier molecular flexibility index (Phi) is 7.84. The first-order chi connectivity index (χ1) is 17.1. The van der Waals surface area contributed by atoms with Crippen molar-refractivity contribution in [3.8, 4) is 11.5 Å². The summed E-state index contributed by atoms with van der Waals surface area (Å²) in [5, 5.41) is 0.569. The highest BCUT2D eigenvalue weighted by atomic mass is 32.2. The number of nitrogens with zero attached hydrogens (tertiary/aromatic N) is 2. The molecule has 8 heteroatoms. The van der Waals surface area contributed by atoms with Crippen molar-refractivity contribution in [2.45, 2.75) is 6.92 Å². The summed E-state index contributed by atoms with van der Waals surface area (Å²) in [6.45, 7) is 1.80. The molecule has 0 saturated carbocycles. The Morgan fingerprint density at radius 2 is 1.71 bits per heavy atom. The molecule has 35 heavy (non-hydrogen) atoms. The molecule has 0 unspecified atom stereocenters. The molecule has 3 aromatic rings. The molecule has 0 bridgehead atoms. The number of para-hydroxylation sites is 2. The highest BCUT2D eigenvalue weighted by molar-refractivity contribution is 8.19. The maximum Gasteiger partial charge on any atom is 0.344 e. The molecule has 0 atom stereocenters. The lowest BCUT2D eigenvalue weighted by Crippen LogP contribution is -2.28. The molecule has 1 heterocycles. The number of carbonyl (C=O) groups excluding carboxylic acids is 2. The topological polar surface area (TPSA) is 77.4 Å². The Hall–Kier alpha value is -4.04. The van der Waals surface area contributed by atoms with E-state index < -0.39 is 5.97 Å². The van der Waals surface area contributed by atoms with E-state index in [-0.39, 0.29) is 19.1 Å². The molecule has 0 N–H and O–H groups in total. The van der Waals surface area contributed by atoms with Gasteiger partial charge in [0.15, 0.2) is 23.3 Å². The molecule has 1 saturated heterocycles. The van der Waals surface area contributed by atoms with Gasteiger partial charge in [0.05, 0.1) is 30.0 Å². The zero-order chi connectivity index (χ0) is 24.6. The van der Waals surface area contributed by atoms with Gasteiger partial charge >= 0.3 is 5.97 Å². The third-order valence-electron chi connectivity index (χ3n) is 4.94. The Labute approximate surface area is 208 Å². The first kappa shape index (κ1) is 24.1. The van der Waals surface area contributed by atoms with Crippen LogP contribution in [-0.2, 0) is 14.3 Å². The number of benzene rings is 3. The largest absolute Gasteiger partial charge is 0.493 e. The van der Waals surface area contributed by atoms with Gasteiger partial charge in [0.25, 0.3) is 5.91 Å². The number of hydrogen-bond acceptors (Lipinski definition) is 7. The van der Waals surface area contributed by atoms with Crippen LogP contribution >= 0.6 is 11.8 Å². The third kappa shape index (κ3) is 5.91. The van der Waals surface area contributed by atoms with Crippen molar-refractivity contribution in [1.82, 2.24) is 0 Å². The van der Waals surface area contributed by atoms with Crippen molar-refractivity contribution >= 4 is 46.3 Å². The van der Waals surface area contributed by atoms with E-state index in [0.29, 0.717) is 21.6 Å². The maximum absolute atomic E-state index is 13.4. The number of esters is 1. The fourth-order valence-corrected chi connectivity index (χ4v) is 4.35. The number of aliphatic imine (C=N–C) groups is 1. The van der Waals surface area contributed by atoms with E-state index in [1.54, 1.807) is 36.1 Å². The van der Waals surface area contributed by atoms with Gasteiger partial charge in [0, 0.05) is 0 Å². The lowest BCUT2D eigenvalue weighted by molar-refractivity contribution is -0.145. The number of amides is 1. The third-order valence-corrected chi connectivity index (χ3v) is 5.91. The summed E-state index contributed by atoms with van der Waals surface area (Å²) < 4.78 is 15.8. The fraction of sp³-hybridized carbons (Fsp3) is 0.148. The molecule has 1 aliphatic rings. The van der Waals surface area contributed by atoms with E-state index in [1.807, 2.05) is 60.7 Å². The van der Waals surface area contributed by atoms with Gasteiger partial charge in [-0.15, -0.1) is 0 Å². The number of ether oxygens (including phenoxy) is 3. The number of carbonyl (C=O) groups is 2. The van der Waals surface area contributed by atoms with Gasteiger partial charge < -0.3 is 14.2 Å². The maximum atomic E-state index is 13.4. The van der Waals surface area contributed by atoms with Crippen LogP contribution in [0.4, 0.5) is 11.4 Å². The van der Waals surface area contributed by atoms with Crippen molar-refractivity contribution in [3.05, 3.63) is 89.3 Å². The standard InChI is InChI=1S/C27H24N2O5S/c1-3-33-25(30)18-34-22-15-14-19(16-23(22)32-2)17-24-26(31)29(21-12-8-5-9-13-21)27(35-24)28-20-10-6-4-7-11-20/h4-17H,3,18H2,1-2H3/b24-17-,28-27?. The van der Waals surface area contributed by atoms with E-state index >= 15 is 0 Å². The van der Waals surface area contributed by atoms with Crippen LogP contribution in [0.5, 0.6) is 11.5 Å². The number of thioether (sulfide) groups is 1. The van der Waals surface area contributed by atoms with Crippen LogP contribution in [0, 0.1) is 0 Å². The molecule has 178 valence electrons. The zero-order valence-corrected chi connectivity index (χ0v) is 20.2. The highest BCUT2D eigenvalue weighted by Gasteiger charge is 2.34. The minimum Gasteiger partial charge on any atom is -0.493 e. The normalized spacial score (nSPS) is 15.5. The summed E-state index contributed by atoms with van der Waals surface area (Å²) in [7, 11) is 1.51. The fourth-order valence-electron chi connectivity index (χ4n) is 3.35. The average Bonchev–Trinajstić information content (AvgIpc) is 3.18. The minimum absolute atomic E-state index is 0.169. The average molecular weight is 489 g/mol. The van der Waals surface area contributed by atoms with Gasteiger partial charge in [0.1, 0.15) is 0 Å². The van der Waals surface area contributed by atoms with E-state index in [4.69, 9.17) is 19.2 Å². The monoisotopic (exact) mass is 488 g/mol. The van der Waals surface area contributed by atoms with Gasteiger partial charge in [-0.25, -0.2) is 9.79 Å². The van der Waals surface area contributed by atoms with E-state index in [2.05, 4.69) is 0 Å². The summed E-state index contributed by atoms with van der Waals surface area (Å²) in [6.07, 6.45) is 1.79. The van der Waals surface area contributed by atoms with Crippen LogP contribution in [0.1, 0.15) is 12.5 Å². The number of amidine groups is 1. The number of anilines is 1. The molecule has 3 aromatic carbocycles. The first-order valence-corrected chi connectivity index (χ1v) is 11.8. The van der Waals surface area contributed by atoms with Gasteiger partial charge in [-0.2, -0.15) is 0 Å². The van der Waals surface area contributed by atoms with E-state index in [9.17, 15) is 9.59 Å². The second kappa shape index (κ2) is 11.4.